The van der Waals surface area contributed by atoms with Gasteiger partial charge in [0.15, 0.2) is 0 Å². The van der Waals surface area contributed by atoms with Crippen LogP contribution in [0, 0.1) is 5.41 Å². The highest BCUT2D eigenvalue weighted by molar-refractivity contribution is 9.10. The molecule has 0 bridgehead atoms. The summed E-state index contributed by atoms with van der Waals surface area (Å²) in [7, 11) is 0. The molecule has 1 unspecified atom stereocenters. The van der Waals surface area contributed by atoms with Crippen molar-refractivity contribution >= 4 is 33.8 Å². The van der Waals surface area contributed by atoms with Crippen LogP contribution in [0.25, 0.3) is 0 Å². The molecule has 1 aromatic rings. The number of carbonyl (C=O) groups is 3. The molecule has 27 heavy (non-hydrogen) atoms. The lowest BCUT2D eigenvalue weighted by molar-refractivity contribution is -0.134. The predicted molar refractivity (Wildman–Crippen MR) is 101 cm³/mol. The van der Waals surface area contributed by atoms with Crippen LogP contribution in [0.5, 0.6) is 0 Å². The number of benzene rings is 1. The Hall–Kier alpha value is -2.13. The topological polar surface area (TPSA) is 136 Å². The summed E-state index contributed by atoms with van der Waals surface area (Å²) in [5.41, 5.74) is 9.11. The number of amides is 3. The van der Waals surface area contributed by atoms with Crippen LogP contribution in [-0.4, -0.2) is 46.1 Å². The fourth-order valence-corrected chi connectivity index (χ4v) is 3.71. The maximum Gasteiger partial charge on any atom is 0.411 e. The molecule has 3 atom stereocenters. The van der Waals surface area contributed by atoms with Gasteiger partial charge in [0.25, 0.3) is 0 Å². The lowest BCUT2D eigenvalue weighted by Gasteiger charge is -2.32. The van der Waals surface area contributed by atoms with Crippen molar-refractivity contribution in [2.45, 2.75) is 44.9 Å². The number of likely N-dealkylation sites (tertiary alicyclic amines) is 1. The molecule has 2 rings (SSSR count). The molecule has 0 aromatic heterocycles. The SMILES string of the molecule is CC(C)(C)OC(=O)N1C[C@](C(N)=O)(C(O)c2ccccc2Br)C[C@H]1C(N)=O. The van der Waals surface area contributed by atoms with Gasteiger partial charge in [-0.3, -0.25) is 14.5 Å². The summed E-state index contributed by atoms with van der Waals surface area (Å²) in [6.45, 7) is 4.75. The third-order valence-corrected chi connectivity index (χ3v) is 5.28. The number of nitrogens with two attached hydrogens (primary N) is 2. The van der Waals surface area contributed by atoms with Crippen molar-refractivity contribution in [2.75, 3.05) is 6.54 Å². The first kappa shape index (κ1) is 21.2. The van der Waals surface area contributed by atoms with E-state index in [0.717, 1.165) is 4.90 Å². The van der Waals surface area contributed by atoms with E-state index < -0.39 is 41.1 Å². The molecule has 0 spiro atoms. The number of ether oxygens (including phenoxy) is 1. The Bertz CT molecular complexity index is 764. The zero-order valence-electron chi connectivity index (χ0n) is 15.4. The average Bonchev–Trinajstić information content (AvgIpc) is 2.95. The molecule has 3 amide bonds. The van der Waals surface area contributed by atoms with Crippen LogP contribution in [0.1, 0.15) is 38.9 Å². The van der Waals surface area contributed by atoms with Gasteiger partial charge in [-0.2, -0.15) is 0 Å². The van der Waals surface area contributed by atoms with Gasteiger partial charge < -0.3 is 21.3 Å². The van der Waals surface area contributed by atoms with Gasteiger partial charge in [0.2, 0.25) is 11.8 Å². The van der Waals surface area contributed by atoms with Gasteiger partial charge in [-0.1, -0.05) is 34.1 Å². The molecule has 1 saturated heterocycles. The van der Waals surface area contributed by atoms with Gasteiger partial charge in [-0.25, -0.2) is 4.79 Å². The number of carbonyl (C=O) groups excluding carboxylic acids is 3. The Morgan fingerprint density at radius 3 is 2.37 bits per heavy atom. The van der Waals surface area contributed by atoms with Gasteiger partial charge in [-0.15, -0.1) is 0 Å². The lowest BCUT2D eigenvalue weighted by atomic mass is 9.76. The Labute approximate surface area is 166 Å². The van der Waals surface area contributed by atoms with Crippen molar-refractivity contribution in [1.29, 1.82) is 0 Å². The van der Waals surface area contributed by atoms with Crippen molar-refractivity contribution < 1.29 is 24.2 Å². The molecular formula is C18H24BrN3O5. The van der Waals surface area contributed by atoms with Crippen molar-refractivity contribution in [3.05, 3.63) is 34.3 Å². The van der Waals surface area contributed by atoms with E-state index in [-0.39, 0.29) is 13.0 Å². The molecule has 1 heterocycles. The van der Waals surface area contributed by atoms with Crippen molar-refractivity contribution in [3.63, 3.8) is 0 Å². The summed E-state index contributed by atoms with van der Waals surface area (Å²) in [5.74, 6) is -1.63. The summed E-state index contributed by atoms with van der Waals surface area (Å²) in [5, 5.41) is 11.0. The number of hydrogen-bond acceptors (Lipinski definition) is 5. The van der Waals surface area contributed by atoms with E-state index in [1.54, 1.807) is 45.0 Å². The van der Waals surface area contributed by atoms with E-state index in [9.17, 15) is 19.5 Å². The molecule has 5 N–H and O–H groups in total. The zero-order valence-corrected chi connectivity index (χ0v) is 17.0. The van der Waals surface area contributed by atoms with Gasteiger partial charge in [0.1, 0.15) is 11.6 Å². The second kappa shape index (κ2) is 7.47. The van der Waals surface area contributed by atoms with E-state index in [2.05, 4.69) is 15.9 Å². The van der Waals surface area contributed by atoms with Gasteiger partial charge in [0.05, 0.1) is 11.5 Å². The third-order valence-electron chi connectivity index (χ3n) is 4.56. The number of nitrogens with zero attached hydrogens (tertiary/aromatic N) is 1. The fraction of sp³-hybridized carbons (Fsp3) is 0.500. The van der Waals surface area contributed by atoms with Gasteiger partial charge in [-0.05, 0) is 38.8 Å². The number of aliphatic hydroxyl groups excluding tert-OH is 1. The summed E-state index contributed by atoms with van der Waals surface area (Å²) in [6, 6.07) is 5.67. The fourth-order valence-electron chi connectivity index (χ4n) is 3.21. The molecular weight excluding hydrogens is 418 g/mol. The van der Waals surface area contributed by atoms with Crippen LogP contribution in [0.2, 0.25) is 0 Å². The van der Waals surface area contributed by atoms with E-state index >= 15 is 0 Å². The highest BCUT2D eigenvalue weighted by Gasteiger charge is 2.57. The van der Waals surface area contributed by atoms with Crippen molar-refractivity contribution in [2.24, 2.45) is 16.9 Å². The maximum atomic E-state index is 12.6. The molecule has 148 valence electrons. The minimum atomic E-state index is -1.58. The predicted octanol–water partition coefficient (Wildman–Crippen LogP) is 1.45. The minimum Gasteiger partial charge on any atom is -0.444 e. The molecule has 9 heteroatoms. The Balaban J connectivity index is 2.46. The quantitative estimate of drug-likeness (QED) is 0.649. The van der Waals surface area contributed by atoms with Crippen LogP contribution < -0.4 is 11.5 Å². The lowest BCUT2D eigenvalue weighted by Crippen LogP contribution is -2.47. The van der Waals surface area contributed by atoms with Gasteiger partial charge in [0, 0.05) is 11.0 Å². The van der Waals surface area contributed by atoms with E-state index in [1.807, 2.05) is 0 Å². The van der Waals surface area contributed by atoms with E-state index in [4.69, 9.17) is 16.2 Å². The second-order valence-corrected chi connectivity index (χ2v) is 8.53. The first-order valence-corrected chi connectivity index (χ1v) is 9.19. The van der Waals surface area contributed by atoms with E-state index in [1.165, 1.54) is 0 Å². The summed E-state index contributed by atoms with van der Waals surface area (Å²) in [4.78, 5) is 38.0. The normalized spacial score (nSPS) is 23.7. The molecule has 8 nitrogen and oxygen atoms in total. The summed E-state index contributed by atoms with van der Waals surface area (Å²) >= 11 is 3.34. The Morgan fingerprint density at radius 1 is 1.30 bits per heavy atom. The summed E-state index contributed by atoms with van der Waals surface area (Å²) in [6.07, 6.45) is -2.34. The first-order chi connectivity index (χ1) is 12.4. The highest BCUT2D eigenvalue weighted by Crippen LogP contribution is 2.46. The molecule has 1 aromatic carbocycles. The molecule has 1 fully saturated rings. The van der Waals surface area contributed by atoms with Crippen molar-refractivity contribution in [1.82, 2.24) is 4.90 Å². The Kier molecular flexibility index (Phi) is 5.86. The second-order valence-electron chi connectivity index (χ2n) is 7.67. The van der Waals surface area contributed by atoms with Crippen LogP contribution in [-0.2, 0) is 14.3 Å². The largest absolute Gasteiger partial charge is 0.444 e. The van der Waals surface area contributed by atoms with E-state index in [0.29, 0.717) is 10.0 Å². The monoisotopic (exact) mass is 441 g/mol. The van der Waals surface area contributed by atoms with Crippen LogP contribution in [0.15, 0.2) is 28.7 Å². The smallest absolute Gasteiger partial charge is 0.411 e. The number of rotatable bonds is 4. The number of hydrogen-bond donors (Lipinski definition) is 3. The van der Waals surface area contributed by atoms with Crippen molar-refractivity contribution in [3.8, 4) is 0 Å². The average molecular weight is 442 g/mol. The number of primary amides is 2. The zero-order chi connectivity index (χ0) is 20.6. The molecule has 1 aliphatic heterocycles. The molecule has 0 radical (unpaired) electrons. The van der Waals surface area contributed by atoms with Crippen LogP contribution >= 0.6 is 15.9 Å². The standard InChI is InChI=1S/C18H24BrN3O5/c1-17(2,3)27-16(26)22-9-18(15(21)25,8-12(22)14(20)24)13(23)10-6-4-5-7-11(10)19/h4-7,12-13,23H,8-9H2,1-3H3,(H2,20,24)(H2,21,25)/t12-,13?,18-/m0/s1. The number of halogens is 1. The first-order valence-electron chi connectivity index (χ1n) is 8.40. The highest BCUT2D eigenvalue weighted by atomic mass is 79.9. The maximum absolute atomic E-state index is 12.6. The molecule has 0 aliphatic carbocycles. The molecule has 0 saturated carbocycles. The van der Waals surface area contributed by atoms with Gasteiger partial charge >= 0.3 is 6.09 Å². The number of aliphatic hydroxyl groups is 1. The summed E-state index contributed by atoms with van der Waals surface area (Å²) < 4.78 is 5.89. The third kappa shape index (κ3) is 4.24. The van der Waals surface area contributed by atoms with Crippen LogP contribution in [0.3, 0.4) is 0 Å². The minimum absolute atomic E-state index is 0.195. The Morgan fingerprint density at radius 2 is 1.89 bits per heavy atom. The van der Waals surface area contributed by atoms with Crippen LogP contribution in [0.4, 0.5) is 4.79 Å². The molecule has 1 aliphatic rings.